The monoisotopic (exact) mass is 516 g/mol. The molecule has 0 aliphatic heterocycles. The summed E-state index contributed by atoms with van der Waals surface area (Å²) in [4.78, 5) is 15.3. The van der Waals surface area contributed by atoms with Crippen LogP contribution in [0.3, 0.4) is 0 Å². The number of aromatic carboxylic acids is 1. The molecule has 3 aromatic rings. The van der Waals surface area contributed by atoms with Gasteiger partial charge in [0, 0.05) is 18.1 Å². The molecule has 1 aliphatic rings. The van der Waals surface area contributed by atoms with E-state index in [0.29, 0.717) is 24.3 Å². The Kier molecular flexibility index (Phi) is 7.16. The summed E-state index contributed by atoms with van der Waals surface area (Å²) in [5.41, 5.74) is 3.75. The number of hydrogen-bond acceptors (Lipinski definition) is 7. The van der Waals surface area contributed by atoms with Gasteiger partial charge in [0.2, 0.25) is 4.34 Å². The molecule has 2 aromatic carbocycles. The van der Waals surface area contributed by atoms with E-state index >= 15 is 0 Å². The fraction of sp³-hybridized carbons (Fsp3) is 0.360. The number of fused-ring (bicyclic) bond motifs is 1. The number of carboxylic acid groups (broad SMARTS) is 1. The zero-order valence-corrected chi connectivity index (χ0v) is 21.4. The SMILES string of the molecule is Cc1cc(C(=O)O)ccc1COc1cc2c(cc1N(CC(C)C)S(=O)(=O)c1nccs1)CCC2O. The third-order valence-electron chi connectivity index (χ3n) is 5.96. The first-order valence-corrected chi connectivity index (χ1v) is 13.6. The lowest BCUT2D eigenvalue weighted by molar-refractivity contribution is 0.0696. The molecule has 0 saturated heterocycles. The zero-order valence-electron chi connectivity index (χ0n) is 19.8. The first-order chi connectivity index (χ1) is 16.6. The third-order valence-corrected chi connectivity index (χ3v) is 8.92. The number of carbonyl (C=O) groups is 1. The van der Waals surface area contributed by atoms with Crippen molar-refractivity contribution in [1.29, 1.82) is 0 Å². The molecule has 0 bridgehead atoms. The Hall–Kier alpha value is -2.95. The molecule has 186 valence electrons. The van der Waals surface area contributed by atoms with Gasteiger partial charge in [-0.3, -0.25) is 4.31 Å². The number of hydrogen-bond donors (Lipinski definition) is 2. The maximum Gasteiger partial charge on any atom is 0.335 e. The average molecular weight is 517 g/mol. The van der Waals surface area contributed by atoms with Crippen LogP contribution in [0.25, 0.3) is 0 Å². The molecule has 1 unspecified atom stereocenters. The van der Waals surface area contributed by atoms with E-state index in [4.69, 9.17) is 4.74 Å². The maximum atomic E-state index is 13.6. The van der Waals surface area contributed by atoms with Crippen LogP contribution in [0.5, 0.6) is 5.75 Å². The summed E-state index contributed by atoms with van der Waals surface area (Å²) in [5.74, 6) is -0.637. The number of rotatable bonds is 9. The largest absolute Gasteiger partial charge is 0.487 e. The first-order valence-electron chi connectivity index (χ1n) is 11.3. The molecule has 8 nitrogen and oxygen atoms in total. The summed E-state index contributed by atoms with van der Waals surface area (Å²) >= 11 is 1.06. The molecule has 1 aromatic heterocycles. The predicted molar refractivity (Wildman–Crippen MR) is 134 cm³/mol. The molecular formula is C25H28N2O6S2. The van der Waals surface area contributed by atoms with Gasteiger partial charge < -0.3 is 14.9 Å². The van der Waals surface area contributed by atoms with Crippen molar-refractivity contribution in [2.24, 2.45) is 5.92 Å². The highest BCUT2D eigenvalue weighted by atomic mass is 32.2. The number of anilines is 1. The average Bonchev–Trinajstić information content (AvgIpc) is 3.47. The van der Waals surface area contributed by atoms with Crippen molar-refractivity contribution >= 4 is 33.0 Å². The van der Waals surface area contributed by atoms with Crippen molar-refractivity contribution in [3.63, 3.8) is 0 Å². The quantitative estimate of drug-likeness (QED) is 0.428. The summed E-state index contributed by atoms with van der Waals surface area (Å²) in [6.45, 7) is 6.02. The van der Waals surface area contributed by atoms with Gasteiger partial charge in [0.15, 0.2) is 0 Å². The summed E-state index contributed by atoms with van der Waals surface area (Å²) < 4.78 is 34.7. The molecule has 0 saturated carbocycles. The summed E-state index contributed by atoms with van der Waals surface area (Å²) in [7, 11) is -3.93. The van der Waals surface area contributed by atoms with Crippen molar-refractivity contribution < 1.29 is 28.2 Å². The van der Waals surface area contributed by atoms with Gasteiger partial charge in [0.1, 0.15) is 12.4 Å². The molecule has 0 spiro atoms. The highest BCUT2D eigenvalue weighted by molar-refractivity contribution is 7.94. The van der Waals surface area contributed by atoms with Gasteiger partial charge >= 0.3 is 5.97 Å². The van der Waals surface area contributed by atoms with Crippen LogP contribution in [0.1, 0.15) is 59.0 Å². The van der Waals surface area contributed by atoms with Crippen LogP contribution in [-0.2, 0) is 23.1 Å². The molecule has 0 radical (unpaired) electrons. The number of thiazole rings is 1. The van der Waals surface area contributed by atoms with Crippen molar-refractivity contribution in [3.05, 3.63) is 69.7 Å². The van der Waals surface area contributed by atoms with E-state index in [1.165, 1.54) is 16.6 Å². The van der Waals surface area contributed by atoms with Crippen LogP contribution in [-0.4, -0.2) is 36.1 Å². The molecule has 1 atom stereocenters. The minimum absolute atomic E-state index is 0.00439. The Morgan fingerprint density at radius 1 is 1.29 bits per heavy atom. The molecule has 1 aliphatic carbocycles. The van der Waals surface area contributed by atoms with E-state index in [1.807, 2.05) is 13.8 Å². The highest BCUT2D eigenvalue weighted by Gasteiger charge is 2.32. The lowest BCUT2D eigenvalue weighted by Gasteiger charge is -2.28. The Morgan fingerprint density at radius 2 is 2.06 bits per heavy atom. The minimum atomic E-state index is -3.93. The van der Waals surface area contributed by atoms with E-state index in [2.05, 4.69) is 4.98 Å². The van der Waals surface area contributed by atoms with Crippen molar-refractivity contribution in [2.45, 2.75) is 50.7 Å². The molecule has 1 heterocycles. The van der Waals surface area contributed by atoms with Gasteiger partial charge in [-0.15, -0.1) is 11.3 Å². The summed E-state index contributed by atoms with van der Waals surface area (Å²) in [5, 5.41) is 21.3. The van der Waals surface area contributed by atoms with Crippen LogP contribution >= 0.6 is 11.3 Å². The molecule has 35 heavy (non-hydrogen) atoms. The fourth-order valence-corrected chi connectivity index (χ4v) is 6.71. The number of aryl methyl sites for hydroxylation is 2. The number of sulfonamides is 1. The second-order valence-corrected chi connectivity index (χ2v) is 12.0. The van der Waals surface area contributed by atoms with Crippen LogP contribution in [0, 0.1) is 12.8 Å². The number of aliphatic hydroxyl groups excluding tert-OH is 1. The minimum Gasteiger partial charge on any atom is -0.487 e. The second-order valence-electron chi connectivity index (χ2n) is 9.04. The predicted octanol–water partition coefficient (Wildman–Crippen LogP) is 4.56. The first kappa shape index (κ1) is 25.2. The van der Waals surface area contributed by atoms with E-state index in [-0.39, 0.29) is 29.0 Å². The van der Waals surface area contributed by atoms with Crippen molar-refractivity contribution in [2.75, 3.05) is 10.8 Å². The van der Waals surface area contributed by atoms with Crippen molar-refractivity contribution in [1.82, 2.24) is 4.98 Å². The molecule has 0 fully saturated rings. The summed E-state index contributed by atoms with van der Waals surface area (Å²) in [6, 6.07) is 8.31. The Morgan fingerprint density at radius 3 is 2.69 bits per heavy atom. The van der Waals surface area contributed by atoms with E-state index in [0.717, 1.165) is 33.6 Å². The van der Waals surface area contributed by atoms with Gasteiger partial charge in [-0.25, -0.2) is 9.78 Å². The van der Waals surface area contributed by atoms with Crippen LogP contribution < -0.4 is 9.04 Å². The topological polar surface area (TPSA) is 117 Å². The smallest absolute Gasteiger partial charge is 0.335 e. The number of ether oxygens (including phenoxy) is 1. The molecule has 4 rings (SSSR count). The molecular weight excluding hydrogens is 488 g/mol. The van der Waals surface area contributed by atoms with Gasteiger partial charge in [-0.2, -0.15) is 8.42 Å². The van der Waals surface area contributed by atoms with E-state index in [1.54, 1.807) is 36.6 Å². The van der Waals surface area contributed by atoms with E-state index in [9.17, 15) is 23.4 Å². The Labute approximate surface area is 208 Å². The standard InChI is InChI=1S/C25H28N2O6S2/c1-15(2)13-27(35(31,32)25-26-8-9-34-25)21-11-17-6-7-22(28)20(17)12-23(21)33-14-19-5-4-18(24(29)30)10-16(19)3/h4-5,8-12,15,22,28H,6-7,13-14H2,1-3H3,(H,29,30). The lowest BCUT2D eigenvalue weighted by Crippen LogP contribution is -2.34. The number of nitrogens with zero attached hydrogens (tertiary/aromatic N) is 2. The van der Waals surface area contributed by atoms with Gasteiger partial charge in [-0.05, 0) is 72.2 Å². The highest BCUT2D eigenvalue weighted by Crippen LogP contribution is 2.42. The number of aliphatic hydroxyl groups is 1. The van der Waals surface area contributed by atoms with Gasteiger partial charge in [-0.1, -0.05) is 19.9 Å². The number of aromatic nitrogens is 1. The van der Waals surface area contributed by atoms with Gasteiger partial charge in [0.05, 0.1) is 17.4 Å². The van der Waals surface area contributed by atoms with Crippen molar-refractivity contribution in [3.8, 4) is 5.75 Å². The second kappa shape index (κ2) is 9.96. The molecule has 10 heteroatoms. The Balaban J connectivity index is 1.77. The summed E-state index contributed by atoms with van der Waals surface area (Å²) in [6.07, 6.45) is 2.04. The maximum absolute atomic E-state index is 13.6. The van der Waals surface area contributed by atoms with Crippen LogP contribution in [0.15, 0.2) is 46.2 Å². The van der Waals surface area contributed by atoms with E-state index < -0.39 is 22.1 Å². The van der Waals surface area contributed by atoms with Gasteiger partial charge in [0.25, 0.3) is 10.0 Å². The normalized spacial score (nSPS) is 15.3. The molecule has 2 N–H and O–H groups in total. The Bertz CT molecular complexity index is 1340. The lowest BCUT2D eigenvalue weighted by atomic mass is 10.1. The number of carboxylic acids is 1. The zero-order chi connectivity index (χ0) is 25.3. The number of benzene rings is 2. The molecule has 0 amide bonds. The fourth-order valence-electron chi connectivity index (χ4n) is 4.15. The van der Waals surface area contributed by atoms with Crippen LogP contribution in [0.4, 0.5) is 5.69 Å². The third kappa shape index (κ3) is 5.19. The van der Waals surface area contributed by atoms with Crippen LogP contribution in [0.2, 0.25) is 0 Å².